The van der Waals surface area contributed by atoms with Crippen LogP contribution in [0.4, 0.5) is 17.1 Å². The molecule has 0 radical (unpaired) electrons. The Kier molecular flexibility index (Phi) is 8.79. The molecule has 13 aromatic rings. The van der Waals surface area contributed by atoms with E-state index in [2.05, 4.69) is 236 Å². The van der Waals surface area contributed by atoms with E-state index in [-0.39, 0.29) is 12.1 Å². The van der Waals surface area contributed by atoms with Crippen LogP contribution in [0.15, 0.2) is 220 Å². The van der Waals surface area contributed by atoms with E-state index in [9.17, 15) is 0 Å². The van der Waals surface area contributed by atoms with Crippen LogP contribution >= 0.6 is 23.1 Å². The minimum Gasteiger partial charge on any atom is -0.458 e. The highest BCUT2D eigenvalue weighted by Crippen LogP contribution is 2.51. The molecule has 0 atom stereocenters. The van der Waals surface area contributed by atoms with Gasteiger partial charge in [-0.15, -0.1) is 11.3 Å². The van der Waals surface area contributed by atoms with Gasteiger partial charge in [-0.1, -0.05) is 154 Å². The average Bonchev–Trinajstić information content (AvgIpc) is 4.10. The summed E-state index contributed by atoms with van der Waals surface area (Å²) in [6, 6.07) is 75.1. The van der Waals surface area contributed by atoms with Gasteiger partial charge in [0.05, 0.1) is 21.6 Å². The SMILES string of the molecule is CC(C)(C)c1ccc2c(c1)c1cc(-c3ccccc3)ccc1n2-c1ccc2c(c1)Oc1cc(N(c3ccccc3)c3ccccc3)cc3c1B2c1c(c2oc4ccccc4c2c2c1sc1ccccc12)S3. The Morgan fingerprint density at radius 3 is 1.96 bits per heavy atom. The largest absolute Gasteiger partial charge is 0.458 e. The number of ether oxygens (including phenoxy) is 1. The van der Waals surface area contributed by atoms with Crippen molar-refractivity contribution < 1.29 is 9.15 Å². The summed E-state index contributed by atoms with van der Waals surface area (Å²) >= 11 is 3.73. The smallest absolute Gasteiger partial charge is 0.255 e. The molecule has 5 heterocycles. The Morgan fingerprint density at radius 1 is 0.521 bits per heavy atom. The van der Waals surface area contributed by atoms with Gasteiger partial charge < -0.3 is 18.6 Å². The lowest BCUT2D eigenvalue weighted by Crippen LogP contribution is -2.58. The van der Waals surface area contributed by atoms with Gasteiger partial charge in [0.25, 0.3) is 6.71 Å². The molecule has 0 N–H and O–H groups in total. The van der Waals surface area contributed by atoms with Crippen LogP contribution in [-0.2, 0) is 5.41 Å². The maximum absolute atomic E-state index is 7.44. The zero-order chi connectivity index (χ0) is 47.1. The van der Waals surface area contributed by atoms with E-state index in [0.29, 0.717) is 0 Å². The molecular formula is C64H43BN2O2S2. The van der Waals surface area contributed by atoms with Crippen molar-refractivity contribution in [2.45, 2.75) is 36.0 Å². The Balaban J connectivity index is 1.01. The van der Waals surface area contributed by atoms with Gasteiger partial charge in [0, 0.05) is 75.8 Å². The zero-order valence-corrected chi connectivity index (χ0v) is 40.9. The lowest BCUT2D eigenvalue weighted by atomic mass is 9.35. The summed E-state index contributed by atoms with van der Waals surface area (Å²) in [5.74, 6) is 1.72. The van der Waals surface area contributed by atoms with Crippen molar-refractivity contribution in [2.24, 2.45) is 0 Å². The first kappa shape index (κ1) is 40.9. The van der Waals surface area contributed by atoms with E-state index < -0.39 is 0 Å². The Labute approximate surface area is 419 Å². The molecular weight excluding hydrogens is 904 g/mol. The molecule has 0 bridgehead atoms. The molecule has 7 heteroatoms. The number of hydrogen-bond donors (Lipinski definition) is 0. The molecule has 0 spiro atoms. The molecule has 0 fully saturated rings. The first-order valence-corrected chi connectivity index (χ1v) is 26.0. The van der Waals surface area contributed by atoms with Crippen molar-refractivity contribution >= 4 is 127 Å². The summed E-state index contributed by atoms with van der Waals surface area (Å²) in [4.78, 5) is 4.68. The molecule has 4 nitrogen and oxygen atoms in total. The number of anilines is 3. The predicted molar refractivity (Wildman–Crippen MR) is 302 cm³/mol. The number of aromatic nitrogens is 1. The normalized spacial score (nSPS) is 13.0. The fraction of sp³-hybridized carbons (Fsp3) is 0.0625. The highest BCUT2D eigenvalue weighted by molar-refractivity contribution is 8.00. The van der Waals surface area contributed by atoms with Crippen LogP contribution in [0.3, 0.4) is 0 Å². The Bertz CT molecular complexity index is 4300. The number of benzene rings is 10. The van der Waals surface area contributed by atoms with Crippen molar-refractivity contribution in [2.75, 3.05) is 4.90 Å². The summed E-state index contributed by atoms with van der Waals surface area (Å²) in [6.45, 7) is 6.76. The monoisotopic (exact) mass is 946 g/mol. The molecule has 0 aliphatic carbocycles. The van der Waals surface area contributed by atoms with Gasteiger partial charge in [0.2, 0.25) is 0 Å². The van der Waals surface area contributed by atoms with Gasteiger partial charge in [0.1, 0.15) is 22.7 Å². The summed E-state index contributed by atoms with van der Waals surface area (Å²) < 4.78 is 19.5. The van der Waals surface area contributed by atoms with E-state index in [0.717, 1.165) is 66.7 Å². The van der Waals surface area contributed by atoms with E-state index in [1.54, 1.807) is 0 Å². The number of thiophene rings is 1. The number of rotatable bonds is 5. The standard InChI is InChI=1S/C64H43BN2O2S2/c1-64(2,3)40-28-32-51-48(34-40)47-33-39(38-17-7-4-8-18-38)27-31-50(47)67(51)43-29-30-49-53(35-43)68-54-36-44(66(41-19-9-5-10-20-41)42-21-11-6-12-22-42)37-56-59(54)65(49)60-62-58(46-24-14-16-26-55(46)70-62)57-45-23-13-15-25-52(45)69-61(57)63(60)71-56/h4-37H,1-3H3. The van der Waals surface area contributed by atoms with Crippen LogP contribution in [0.2, 0.25) is 0 Å². The lowest BCUT2D eigenvalue weighted by Gasteiger charge is -2.35. The van der Waals surface area contributed by atoms with Crippen molar-refractivity contribution in [3.63, 3.8) is 0 Å². The summed E-state index contributed by atoms with van der Waals surface area (Å²) in [5, 5.41) is 7.34. The summed E-state index contributed by atoms with van der Waals surface area (Å²) in [6.07, 6.45) is 0. The number of furan rings is 1. The molecule has 71 heavy (non-hydrogen) atoms. The van der Waals surface area contributed by atoms with E-state index >= 15 is 0 Å². The topological polar surface area (TPSA) is 30.5 Å². The molecule has 15 rings (SSSR count). The van der Waals surface area contributed by atoms with Gasteiger partial charge in [-0.25, -0.2) is 0 Å². The van der Waals surface area contributed by atoms with E-state index in [4.69, 9.17) is 9.15 Å². The summed E-state index contributed by atoms with van der Waals surface area (Å²) in [7, 11) is 0. The van der Waals surface area contributed by atoms with E-state index in [1.165, 1.54) is 74.4 Å². The van der Waals surface area contributed by atoms with Gasteiger partial charge >= 0.3 is 0 Å². The van der Waals surface area contributed by atoms with Crippen molar-refractivity contribution in [1.82, 2.24) is 4.57 Å². The second kappa shape index (κ2) is 15.3. The third-order valence-electron chi connectivity index (χ3n) is 14.8. The fourth-order valence-corrected chi connectivity index (χ4v) is 14.2. The van der Waals surface area contributed by atoms with Crippen LogP contribution in [0, 0.1) is 0 Å². The molecule has 3 aromatic heterocycles. The number of para-hydroxylation sites is 3. The first-order valence-electron chi connectivity index (χ1n) is 24.3. The molecule has 0 saturated carbocycles. The maximum Gasteiger partial charge on any atom is 0.255 e. The lowest BCUT2D eigenvalue weighted by molar-refractivity contribution is 0.486. The molecule has 2 aliphatic rings. The van der Waals surface area contributed by atoms with Crippen LogP contribution in [0.5, 0.6) is 11.5 Å². The molecule has 2 aliphatic heterocycles. The fourth-order valence-electron chi connectivity index (χ4n) is 11.5. The number of nitrogens with zero attached hydrogens (tertiary/aromatic N) is 2. The molecule has 336 valence electrons. The minimum atomic E-state index is -0.126. The van der Waals surface area contributed by atoms with Gasteiger partial charge in [-0.2, -0.15) is 0 Å². The predicted octanol–water partition coefficient (Wildman–Crippen LogP) is 16.6. The second-order valence-electron chi connectivity index (χ2n) is 20.0. The third-order valence-corrected chi connectivity index (χ3v) is 17.2. The van der Waals surface area contributed by atoms with Crippen molar-refractivity contribution in [1.29, 1.82) is 0 Å². The average molecular weight is 947 g/mol. The van der Waals surface area contributed by atoms with Crippen LogP contribution in [0.25, 0.3) is 80.7 Å². The summed E-state index contributed by atoms with van der Waals surface area (Å²) in [5.41, 5.74) is 15.8. The Hall–Kier alpha value is -7.97. The molecule has 10 aromatic carbocycles. The Morgan fingerprint density at radius 2 is 1.20 bits per heavy atom. The zero-order valence-electron chi connectivity index (χ0n) is 39.2. The highest BCUT2D eigenvalue weighted by atomic mass is 32.2. The molecule has 0 amide bonds. The highest BCUT2D eigenvalue weighted by Gasteiger charge is 2.43. The van der Waals surface area contributed by atoms with Crippen molar-refractivity contribution in [3.05, 3.63) is 212 Å². The number of fused-ring (bicyclic) bond motifs is 16. The van der Waals surface area contributed by atoms with Gasteiger partial charge in [0.15, 0.2) is 0 Å². The maximum atomic E-state index is 7.44. The molecule has 0 saturated heterocycles. The van der Waals surface area contributed by atoms with Crippen LogP contribution in [-0.4, -0.2) is 11.3 Å². The minimum absolute atomic E-state index is 0.0106. The quantitative estimate of drug-likeness (QED) is 0.161. The van der Waals surface area contributed by atoms with E-state index in [1.807, 2.05) is 23.1 Å². The van der Waals surface area contributed by atoms with Crippen molar-refractivity contribution in [3.8, 4) is 28.3 Å². The van der Waals surface area contributed by atoms with Crippen LogP contribution < -0.4 is 26.0 Å². The van der Waals surface area contributed by atoms with Gasteiger partial charge in [-0.05, 0) is 111 Å². The third kappa shape index (κ3) is 6.13. The molecule has 0 unspecified atom stereocenters. The first-order chi connectivity index (χ1) is 34.8. The van der Waals surface area contributed by atoms with Gasteiger partial charge in [-0.3, -0.25) is 0 Å². The second-order valence-corrected chi connectivity index (χ2v) is 22.1. The van der Waals surface area contributed by atoms with Crippen LogP contribution in [0.1, 0.15) is 26.3 Å². The number of hydrogen-bond acceptors (Lipinski definition) is 5.